The Labute approximate surface area is 97.5 Å². The van der Waals surface area contributed by atoms with Crippen molar-refractivity contribution in [1.82, 2.24) is 0 Å². The zero-order chi connectivity index (χ0) is 13.0. The van der Waals surface area contributed by atoms with Crippen LogP contribution in [0.1, 0.15) is 5.56 Å². The number of carboxylic acid groups (broad SMARTS) is 1. The van der Waals surface area contributed by atoms with E-state index in [2.05, 4.69) is 5.32 Å². The highest BCUT2D eigenvalue weighted by atomic mass is 16.4. The largest absolute Gasteiger partial charge is 0.479 e. The van der Waals surface area contributed by atoms with Gasteiger partial charge in [0.05, 0.1) is 0 Å². The summed E-state index contributed by atoms with van der Waals surface area (Å²) in [5.74, 6) is -2.62. The van der Waals surface area contributed by atoms with Gasteiger partial charge in [-0.15, -0.1) is 0 Å². The summed E-state index contributed by atoms with van der Waals surface area (Å²) in [6.45, 7) is 1.75. The number of aliphatic carboxylic acids is 1. The fourth-order valence-electron chi connectivity index (χ4n) is 1.20. The molecule has 6 heteroatoms. The molecular weight excluding hydrogens is 226 g/mol. The Morgan fingerprint density at radius 2 is 1.76 bits per heavy atom. The van der Waals surface area contributed by atoms with Gasteiger partial charge in [-0.1, -0.05) is 18.2 Å². The molecule has 0 aliphatic carbocycles. The molecule has 4 N–H and O–H groups in total. The molecule has 0 heterocycles. The molecule has 1 aromatic carbocycles. The Kier molecular flexibility index (Phi) is 4.19. The van der Waals surface area contributed by atoms with E-state index in [4.69, 9.17) is 10.2 Å². The number of hydrogen-bond donors (Lipinski definition) is 4. The summed E-state index contributed by atoms with van der Waals surface area (Å²) in [5.41, 5.74) is 1.21. The van der Waals surface area contributed by atoms with Crippen LogP contribution >= 0.6 is 0 Å². The standard InChI is InChI=1S/C11H13NO5/c1-6-4-2-3-5-7(6)12-10(15)8(13)9(14)11(16)17/h2-5,8-9,13-14H,1H3,(H,12,15)(H,16,17)/t8-,9-/m0/s1. The molecule has 0 saturated carbocycles. The van der Waals surface area contributed by atoms with E-state index in [9.17, 15) is 14.7 Å². The minimum atomic E-state index is -2.14. The summed E-state index contributed by atoms with van der Waals surface area (Å²) >= 11 is 0. The van der Waals surface area contributed by atoms with Crippen molar-refractivity contribution in [3.8, 4) is 0 Å². The number of hydrogen-bond acceptors (Lipinski definition) is 4. The molecule has 6 nitrogen and oxygen atoms in total. The van der Waals surface area contributed by atoms with Crippen molar-refractivity contribution in [2.24, 2.45) is 0 Å². The first-order chi connectivity index (χ1) is 7.93. The van der Waals surface area contributed by atoms with Gasteiger partial charge < -0.3 is 20.6 Å². The number of rotatable bonds is 4. The third kappa shape index (κ3) is 3.27. The van der Waals surface area contributed by atoms with Gasteiger partial charge in [-0.25, -0.2) is 4.79 Å². The monoisotopic (exact) mass is 239 g/mol. The van der Waals surface area contributed by atoms with Crippen LogP contribution in [0.25, 0.3) is 0 Å². The first-order valence-corrected chi connectivity index (χ1v) is 4.89. The molecule has 0 radical (unpaired) electrons. The molecule has 0 aliphatic rings. The number of carboxylic acids is 1. The van der Waals surface area contributed by atoms with Gasteiger partial charge in [0, 0.05) is 5.69 Å². The van der Waals surface area contributed by atoms with Crippen molar-refractivity contribution in [2.45, 2.75) is 19.1 Å². The maximum Gasteiger partial charge on any atom is 0.335 e. The number of carbonyl (C=O) groups is 2. The van der Waals surface area contributed by atoms with Crippen LogP contribution in [0, 0.1) is 6.92 Å². The van der Waals surface area contributed by atoms with E-state index in [1.165, 1.54) is 0 Å². The highest BCUT2D eigenvalue weighted by Gasteiger charge is 2.30. The second-order valence-electron chi connectivity index (χ2n) is 3.53. The summed E-state index contributed by atoms with van der Waals surface area (Å²) in [6.07, 6.45) is -4.15. The number of aliphatic hydroxyl groups excluding tert-OH is 2. The van der Waals surface area contributed by atoms with E-state index < -0.39 is 24.1 Å². The first kappa shape index (κ1) is 13.1. The molecule has 0 aliphatic heterocycles. The fraction of sp³-hybridized carbons (Fsp3) is 0.273. The van der Waals surface area contributed by atoms with Gasteiger partial charge in [-0.05, 0) is 18.6 Å². The van der Waals surface area contributed by atoms with E-state index in [0.717, 1.165) is 5.56 Å². The predicted octanol–water partition coefficient (Wildman–Crippen LogP) is -0.260. The Hall–Kier alpha value is -1.92. The smallest absolute Gasteiger partial charge is 0.335 e. The van der Waals surface area contributed by atoms with Crippen LogP contribution in [-0.4, -0.2) is 39.4 Å². The molecule has 1 rings (SSSR count). The number of benzene rings is 1. The maximum atomic E-state index is 11.4. The highest BCUT2D eigenvalue weighted by molar-refractivity contribution is 5.97. The van der Waals surface area contributed by atoms with Crippen molar-refractivity contribution >= 4 is 17.6 Å². The molecule has 0 saturated heterocycles. The summed E-state index contributed by atoms with van der Waals surface area (Å²) < 4.78 is 0. The topological polar surface area (TPSA) is 107 Å². The maximum absolute atomic E-state index is 11.4. The number of aliphatic hydroxyl groups is 2. The van der Waals surface area contributed by atoms with E-state index in [1.54, 1.807) is 31.2 Å². The highest BCUT2D eigenvalue weighted by Crippen LogP contribution is 2.13. The Morgan fingerprint density at radius 3 is 2.29 bits per heavy atom. The van der Waals surface area contributed by atoms with Crippen molar-refractivity contribution in [1.29, 1.82) is 0 Å². The lowest BCUT2D eigenvalue weighted by molar-refractivity contribution is -0.156. The zero-order valence-corrected chi connectivity index (χ0v) is 9.12. The Bertz CT molecular complexity index is 432. The van der Waals surface area contributed by atoms with Gasteiger partial charge in [0.15, 0.2) is 12.2 Å². The van der Waals surface area contributed by atoms with Crippen molar-refractivity contribution < 1.29 is 24.9 Å². The first-order valence-electron chi connectivity index (χ1n) is 4.89. The van der Waals surface area contributed by atoms with Gasteiger partial charge in [-0.3, -0.25) is 4.79 Å². The average Bonchev–Trinajstić information content (AvgIpc) is 2.30. The third-order valence-corrected chi connectivity index (χ3v) is 2.22. The molecule has 2 atom stereocenters. The molecule has 0 fully saturated rings. The van der Waals surface area contributed by atoms with Crippen LogP contribution < -0.4 is 5.32 Å². The number of nitrogens with one attached hydrogen (secondary N) is 1. The van der Waals surface area contributed by atoms with Crippen LogP contribution in [0.15, 0.2) is 24.3 Å². The molecule has 0 aromatic heterocycles. The van der Waals surface area contributed by atoms with Crippen LogP contribution in [0.2, 0.25) is 0 Å². The van der Waals surface area contributed by atoms with Gasteiger partial charge in [0.25, 0.3) is 5.91 Å². The Morgan fingerprint density at radius 1 is 1.18 bits per heavy atom. The number of anilines is 1. The number of para-hydroxylation sites is 1. The fourth-order valence-corrected chi connectivity index (χ4v) is 1.20. The van der Waals surface area contributed by atoms with Crippen molar-refractivity contribution in [3.63, 3.8) is 0 Å². The van der Waals surface area contributed by atoms with Gasteiger partial charge in [0.2, 0.25) is 0 Å². The summed E-state index contributed by atoms with van der Waals surface area (Å²) in [7, 11) is 0. The lowest BCUT2D eigenvalue weighted by Crippen LogP contribution is -2.42. The van der Waals surface area contributed by atoms with E-state index in [-0.39, 0.29) is 0 Å². The van der Waals surface area contributed by atoms with Gasteiger partial charge in [-0.2, -0.15) is 0 Å². The lowest BCUT2D eigenvalue weighted by atomic mass is 10.1. The molecule has 1 aromatic rings. The lowest BCUT2D eigenvalue weighted by Gasteiger charge is -2.14. The SMILES string of the molecule is Cc1ccccc1NC(=O)[C@@H](O)[C@H](O)C(=O)O. The molecule has 0 bridgehead atoms. The van der Waals surface area contributed by atoms with E-state index in [0.29, 0.717) is 5.69 Å². The normalized spacial score (nSPS) is 13.8. The summed E-state index contributed by atoms with van der Waals surface area (Å²) in [6, 6.07) is 6.80. The minimum absolute atomic E-state index is 0.453. The molecule has 92 valence electrons. The molecule has 1 amide bonds. The second-order valence-corrected chi connectivity index (χ2v) is 3.53. The minimum Gasteiger partial charge on any atom is -0.479 e. The van der Waals surface area contributed by atoms with Crippen LogP contribution in [0.4, 0.5) is 5.69 Å². The Balaban J connectivity index is 2.73. The van der Waals surface area contributed by atoms with Crippen LogP contribution in [0.5, 0.6) is 0 Å². The second kappa shape index (κ2) is 5.42. The summed E-state index contributed by atoms with van der Waals surface area (Å²) in [4.78, 5) is 21.8. The third-order valence-electron chi connectivity index (χ3n) is 2.22. The van der Waals surface area contributed by atoms with E-state index in [1.807, 2.05) is 0 Å². The number of aryl methyl sites for hydroxylation is 1. The zero-order valence-electron chi connectivity index (χ0n) is 9.12. The predicted molar refractivity (Wildman–Crippen MR) is 59.5 cm³/mol. The number of carbonyl (C=O) groups excluding carboxylic acids is 1. The summed E-state index contributed by atoms with van der Waals surface area (Å²) in [5, 5.41) is 29.0. The van der Waals surface area contributed by atoms with Crippen LogP contribution in [-0.2, 0) is 9.59 Å². The molecule has 0 unspecified atom stereocenters. The van der Waals surface area contributed by atoms with Gasteiger partial charge in [0.1, 0.15) is 0 Å². The molecule has 17 heavy (non-hydrogen) atoms. The van der Waals surface area contributed by atoms with E-state index >= 15 is 0 Å². The van der Waals surface area contributed by atoms with Crippen molar-refractivity contribution in [2.75, 3.05) is 5.32 Å². The van der Waals surface area contributed by atoms with Crippen LogP contribution in [0.3, 0.4) is 0 Å². The quantitative estimate of drug-likeness (QED) is 0.579. The number of amides is 1. The molecular formula is C11H13NO5. The van der Waals surface area contributed by atoms with Crippen molar-refractivity contribution in [3.05, 3.63) is 29.8 Å². The van der Waals surface area contributed by atoms with Gasteiger partial charge >= 0.3 is 5.97 Å². The average molecular weight is 239 g/mol. The molecule has 0 spiro atoms.